The van der Waals surface area contributed by atoms with Crippen LogP contribution in [-0.2, 0) is 14.9 Å². The summed E-state index contributed by atoms with van der Waals surface area (Å²) in [7, 11) is 5.14. The van der Waals surface area contributed by atoms with Gasteiger partial charge >= 0.3 is 0 Å². The average Bonchev–Trinajstić information content (AvgIpc) is 3.40. The quantitative estimate of drug-likeness (QED) is 0.737. The molecule has 2 aliphatic carbocycles. The molecule has 3 fully saturated rings. The van der Waals surface area contributed by atoms with Crippen molar-refractivity contribution in [2.45, 2.75) is 69.3 Å². The van der Waals surface area contributed by atoms with Crippen LogP contribution in [0.2, 0.25) is 0 Å². The van der Waals surface area contributed by atoms with Gasteiger partial charge in [-0.05, 0) is 56.2 Å². The van der Waals surface area contributed by atoms with Gasteiger partial charge < -0.3 is 19.1 Å². The summed E-state index contributed by atoms with van der Waals surface area (Å²) in [5.74, 6) is 1.72. The molecule has 0 N–H and O–H groups in total. The monoisotopic (exact) mass is 401 g/mol. The SMILES string of the molecule is COc1ccc(C2(C(=O)N3CCC[C@]4(CCC[C@H]4OC)C3)CCCC2)cc1OC. The topological polar surface area (TPSA) is 48.0 Å². The van der Waals surface area contributed by atoms with Crippen molar-refractivity contribution in [2.24, 2.45) is 5.41 Å². The van der Waals surface area contributed by atoms with Gasteiger partial charge in [0.15, 0.2) is 11.5 Å². The predicted octanol–water partition coefficient (Wildman–Crippen LogP) is 4.32. The molecule has 4 rings (SSSR count). The van der Waals surface area contributed by atoms with Crippen LogP contribution in [0.3, 0.4) is 0 Å². The van der Waals surface area contributed by atoms with E-state index in [1.54, 1.807) is 14.2 Å². The van der Waals surface area contributed by atoms with Gasteiger partial charge in [-0.25, -0.2) is 0 Å². The smallest absolute Gasteiger partial charge is 0.233 e. The fraction of sp³-hybridized carbons (Fsp3) is 0.708. The van der Waals surface area contributed by atoms with Crippen molar-refractivity contribution < 1.29 is 19.0 Å². The maximum atomic E-state index is 14.0. The Hall–Kier alpha value is -1.75. The lowest BCUT2D eigenvalue weighted by Crippen LogP contribution is -2.54. The molecular formula is C24H35NO4. The first-order valence-electron chi connectivity index (χ1n) is 11.1. The van der Waals surface area contributed by atoms with Crippen molar-refractivity contribution in [3.8, 4) is 11.5 Å². The molecule has 0 aromatic heterocycles. The van der Waals surface area contributed by atoms with E-state index in [0.29, 0.717) is 23.5 Å². The van der Waals surface area contributed by atoms with Gasteiger partial charge in [-0.1, -0.05) is 25.3 Å². The van der Waals surface area contributed by atoms with E-state index in [0.717, 1.165) is 57.2 Å². The Bertz CT molecular complexity index is 742. The number of amides is 1. The van der Waals surface area contributed by atoms with E-state index in [4.69, 9.17) is 14.2 Å². The molecular weight excluding hydrogens is 366 g/mol. The van der Waals surface area contributed by atoms with E-state index in [1.165, 1.54) is 19.3 Å². The van der Waals surface area contributed by atoms with E-state index in [-0.39, 0.29) is 5.41 Å². The molecule has 1 aliphatic heterocycles. The van der Waals surface area contributed by atoms with Crippen LogP contribution in [0.25, 0.3) is 0 Å². The summed E-state index contributed by atoms with van der Waals surface area (Å²) in [6, 6.07) is 6.03. The maximum Gasteiger partial charge on any atom is 0.233 e. The number of hydrogen-bond acceptors (Lipinski definition) is 4. The summed E-state index contributed by atoms with van der Waals surface area (Å²) in [6.07, 6.45) is 10.1. The molecule has 1 aromatic carbocycles. The fourth-order valence-corrected chi connectivity index (χ4v) is 6.32. The number of carbonyl (C=O) groups excluding carboxylic acids is 1. The standard InChI is InChI=1S/C24H35NO4/c1-27-19-10-9-18(16-20(19)28-2)24(13-4-5-14-24)22(26)25-15-7-12-23(17-25)11-6-8-21(23)29-3/h9-10,16,21H,4-8,11-15,17H2,1-3H3/t21-,23-/m1/s1. The highest BCUT2D eigenvalue weighted by atomic mass is 16.5. The maximum absolute atomic E-state index is 14.0. The Kier molecular flexibility index (Phi) is 5.78. The predicted molar refractivity (Wildman–Crippen MR) is 113 cm³/mol. The molecule has 1 aromatic rings. The molecule has 0 radical (unpaired) electrons. The molecule has 5 heteroatoms. The Morgan fingerprint density at radius 1 is 0.966 bits per heavy atom. The molecule has 1 amide bonds. The third kappa shape index (κ3) is 3.41. The van der Waals surface area contributed by atoms with Crippen molar-refractivity contribution in [3.05, 3.63) is 23.8 Å². The summed E-state index contributed by atoms with van der Waals surface area (Å²) < 4.78 is 16.8. The molecule has 3 aliphatic rings. The van der Waals surface area contributed by atoms with Gasteiger partial charge in [0, 0.05) is 25.6 Å². The lowest BCUT2D eigenvalue weighted by Gasteiger charge is -2.46. The number of nitrogens with zero attached hydrogens (tertiary/aromatic N) is 1. The van der Waals surface area contributed by atoms with E-state index >= 15 is 0 Å². The highest BCUT2D eigenvalue weighted by Crippen LogP contribution is 2.49. The largest absolute Gasteiger partial charge is 0.493 e. The molecule has 1 heterocycles. The number of rotatable bonds is 5. The van der Waals surface area contributed by atoms with E-state index < -0.39 is 5.41 Å². The zero-order valence-corrected chi connectivity index (χ0v) is 18.2. The molecule has 160 valence electrons. The third-order valence-corrected chi connectivity index (χ3v) is 7.81. The number of piperidine rings is 1. The van der Waals surface area contributed by atoms with Gasteiger partial charge in [0.1, 0.15) is 0 Å². The number of likely N-dealkylation sites (tertiary alicyclic amines) is 1. The highest BCUT2D eigenvalue weighted by molar-refractivity contribution is 5.89. The summed E-state index contributed by atoms with van der Waals surface area (Å²) in [4.78, 5) is 16.2. The highest BCUT2D eigenvalue weighted by Gasteiger charge is 2.51. The molecule has 29 heavy (non-hydrogen) atoms. The van der Waals surface area contributed by atoms with Gasteiger partial charge in [0.25, 0.3) is 0 Å². The minimum absolute atomic E-state index is 0.153. The average molecular weight is 402 g/mol. The molecule has 0 bridgehead atoms. The lowest BCUT2D eigenvalue weighted by molar-refractivity contribution is -0.143. The van der Waals surface area contributed by atoms with Crippen LogP contribution < -0.4 is 9.47 Å². The van der Waals surface area contributed by atoms with E-state index in [9.17, 15) is 4.79 Å². The van der Waals surface area contributed by atoms with Gasteiger partial charge in [-0.3, -0.25) is 4.79 Å². The molecule has 1 saturated heterocycles. The zero-order chi connectivity index (χ0) is 20.5. The first kappa shape index (κ1) is 20.5. The minimum Gasteiger partial charge on any atom is -0.493 e. The van der Waals surface area contributed by atoms with Gasteiger partial charge in [0.2, 0.25) is 5.91 Å². The Morgan fingerprint density at radius 3 is 2.38 bits per heavy atom. The van der Waals surface area contributed by atoms with Crippen LogP contribution in [0.4, 0.5) is 0 Å². The van der Waals surface area contributed by atoms with E-state index in [2.05, 4.69) is 11.0 Å². The van der Waals surface area contributed by atoms with Crippen LogP contribution in [0, 0.1) is 5.41 Å². The van der Waals surface area contributed by atoms with Crippen LogP contribution in [0.5, 0.6) is 11.5 Å². The van der Waals surface area contributed by atoms with Gasteiger partial charge in [0.05, 0.1) is 25.7 Å². The Balaban J connectivity index is 1.64. The first-order valence-corrected chi connectivity index (χ1v) is 11.1. The molecule has 1 spiro atoms. The summed E-state index contributed by atoms with van der Waals surface area (Å²) in [5, 5.41) is 0. The summed E-state index contributed by atoms with van der Waals surface area (Å²) in [5.41, 5.74) is 0.797. The fourth-order valence-electron chi connectivity index (χ4n) is 6.32. The number of benzene rings is 1. The summed E-state index contributed by atoms with van der Waals surface area (Å²) >= 11 is 0. The van der Waals surface area contributed by atoms with Crippen molar-refractivity contribution in [3.63, 3.8) is 0 Å². The van der Waals surface area contributed by atoms with Crippen molar-refractivity contribution in [1.29, 1.82) is 0 Å². The van der Waals surface area contributed by atoms with E-state index in [1.807, 2.05) is 19.2 Å². The van der Waals surface area contributed by atoms with Crippen LogP contribution in [-0.4, -0.2) is 51.3 Å². The summed E-state index contributed by atoms with van der Waals surface area (Å²) in [6.45, 7) is 1.71. The number of methoxy groups -OCH3 is 3. The number of hydrogen-bond donors (Lipinski definition) is 0. The number of carbonyl (C=O) groups is 1. The normalized spacial score (nSPS) is 28.7. The van der Waals surface area contributed by atoms with Crippen LogP contribution >= 0.6 is 0 Å². The Morgan fingerprint density at radius 2 is 1.69 bits per heavy atom. The molecule has 2 saturated carbocycles. The van der Waals surface area contributed by atoms with Crippen LogP contribution in [0.1, 0.15) is 63.4 Å². The van der Waals surface area contributed by atoms with Gasteiger partial charge in [-0.15, -0.1) is 0 Å². The number of ether oxygens (including phenoxy) is 3. The first-order chi connectivity index (χ1) is 14.1. The van der Waals surface area contributed by atoms with Gasteiger partial charge in [-0.2, -0.15) is 0 Å². The molecule has 5 nitrogen and oxygen atoms in total. The second kappa shape index (κ2) is 8.17. The van der Waals surface area contributed by atoms with Crippen LogP contribution in [0.15, 0.2) is 18.2 Å². The Labute approximate surface area is 174 Å². The third-order valence-electron chi connectivity index (χ3n) is 7.81. The molecule has 2 atom stereocenters. The zero-order valence-electron chi connectivity index (χ0n) is 18.2. The lowest BCUT2D eigenvalue weighted by atomic mass is 9.73. The second-order valence-corrected chi connectivity index (χ2v) is 9.17. The van der Waals surface area contributed by atoms with Crippen molar-refractivity contribution in [1.82, 2.24) is 4.90 Å². The van der Waals surface area contributed by atoms with Crippen molar-refractivity contribution >= 4 is 5.91 Å². The van der Waals surface area contributed by atoms with Crippen molar-refractivity contribution in [2.75, 3.05) is 34.4 Å². The second-order valence-electron chi connectivity index (χ2n) is 9.17. The minimum atomic E-state index is -0.431. The molecule has 0 unspecified atom stereocenters.